The van der Waals surface area contributed by atoms with Crippen LogP contribution in [0.5, 0.6) is 0 Å². The number of aliphatic imine (C=N–C) groups is 1. The van der Waals surface area contributed by atoms with E-state index in [1.807, 2.05) is 13.8 Å². The Bertz CT molecular complexity index is 790. The number of carbonyl (C=O) groups excluding carboxylic acids is 1. The van der Waals surface area contributed by atoms with Gasteiger partial charge in [0.05, 0.1) is 0 Å². The topological polar surface area (TPSA) is 54.4 Å². The van der Waals surface area contributed by atoms with E-state index in [9.17, 15) is 18.0 Å². The largest absolute Gasteiger partial charge is 0.433 e. The molecule has 0 aliphatic rings. The van der Waals surface area contributed by atoms with E-state index in [4.69, 9.17) is 0 Å². The zero-order valence-corrected chi connectivity index (χ0v) is 16.7. The van der Waals surface area contributed by atoms with Crippen molar-refractivity contribution in [2.75, 3.05) is 12.4 Å². The summed E-state index contributed by atoms with van der Waals surface area (Å²) in [6, 6.07) is 2.09. The average molecular weight is 393 g/mol. The van der Waals surface area contributed by atoms with E-state index >= 15 is 0 Å². The fourth-order valence-corrected chi connectivity index (χ4v) is 2.43. The third kappa shape index (κ3) is 6.98. The fraction of sp³-hybridized carbons (Fsp3) is 0.286. The summed E-state index contributed by atoms with van der Waals surface area (Å²) in [5.41, 5.74) is 1.08. The second-order valence-electron chi connectivity index (χ2n) is 5.97. The molecule has 0 atom stereocenters. The highest BCUT2D eigenvalue weighted by molar-refractivity contribution is 6.05. The first-order valence-electron chi connectivity index (χ1n) is 8.35. The van der Waals surface area contributed by atoms with Crippen molar-refractivity contribution in [2.24, 2.45) is 10.9 Å². The highest BCUT2D eigenvalue weighted by atomic mass is 19.4. The lowest BCUT2D eigenvalue weighted by Crippen LogP contribution is -2.18. The van der Waals surface area contributed by atoms with Gasteiger partial charge in [-0.2, -0.15) is 13.2 Å². The minimum absolute atomic E-state index is 0.0133. The lowest BCUT2D eigenvalue weighted by molar-refractivity contribution is -0.141. The molecule has 0 radical (unpaired) electrons. The van der Waals surface area contributed by atoms with E-state index in [1.165, 1.54) is 12.3 Å². The molecule has 152 valence electrons. The Morgan fingerprint density at radius 2 is 1.86 bits per heavy atom. The molecule has 28 heavy (non-hydrogen) atoms. The molecule has 4 nitrogen and oxygen atoms in total. The van der Waals surface area contributed by atoms with Crippen LogP contribution in [0.15, 0.2) is 71.9 Å². The zero-order valence-electron chi connectivity index (χ0n) is 16.7. The van der Waals surface area contributed by atoms with Crippen molar-refractivity contribution in [2.45, 2.75) is 26.9 Å². The molecular weight excluding hydrogens is 367 g/mol. The Balaban J connectivity index is 0.00000352. The molecule has 7 heteroatoms. The predicted molar refractivity (Wildman–Crippen MR) is 109 cm³/mol. The van der Waals surface area contributed by atoms with Crippen molar-refractivity contribution < 1.29 is 18.0 Å². The molecule has 1 aromatic rings. The van der Waals surface area contributed by atoms with Gasteiger partial charge in [-0.15, -0.1) is 13.2 Å². The van der Waals surface area contributed by atoms with Crippen LogP contribution >= 0.6 is 0 Å². The second-order valence-corrected chi connectivity index (χ2v) is 5.97. The molecular formula is C21H26F3N3O. The van der Waals surface area contributed by atoms with Crippen LogP contribution in [0.4, 0.5) is 18.9 Å². The van der Waals surface area contributed by atoms with E-state index in [1.54, 1.807) is 14.0 Å². The minimum Gasteiger partial charge on any atom is -0.322 e. The highest BCUT2D eigenvalue weighted by Crippen LogP contribution is 2.30. The number of carbonyl (C=O) groups is 1. The van der Waals surface area contributed by atoms with Crippen molar-refractivity contribution in [3.05, 3.63) is 72.6 Å². The SMILES string of the molecule is C=C.C=C(C=NC)C(=C)/C(=C(\C)C(=O)Nc1ccnc(C(F)(F)F)c1)C(C)C. The van der Waals surface area contributed by atoms with Gasteiger partial charge in [0.1, 0.15) is 5.69 Å². The smallest absolute Gasteiger partial charge is 0.322 e. The molecule has 1 amide bonds. The minimum atomic E-state index is -4.58. The molecule has 0 saturated heterocycles. The van der Waals surface area contributed by atoms with Gasteiger partial charge in [-0.05, 0) is 41.7 Å². The number of hydrogen-bond donors (Lipinski definition) is 1. The Morgan fingerprint density at radius 1 is 1.29 bits per heavy atom. The predicted octanol–water partition coefficient (Wildman–Crippen LogP) is 5.63. The van der Waals surface area contributed by atoms with Crippen molar-refractivity contribution in [1.29, 1.82) is 0 Å². The standard InChI is InChI=1S/C19H22F3N3O.C2H4/c1-11(2)17(13(4)12(3)10-23-6)14(5)18(26)25-15-7-8-24-16(9-15)19(20,21)22;1-2/h7-11H,3-4H2,1-2,5-6H3,(H,24,25,26);1-2H2/b17-14+,23-10?;. The summed E-state index contributed by atoms with van der Waals surface area (Å²) in [7, 11) is 1.60. The maximum Gasteiger partial charge on any atom is 0.433 e. The number of alkyl halides is 3. The van der Waals surface area contributed by atoms with Crippen LogP contribution in [0.1, 0.15) is 26.5 Å². The van der Waals surface area contributed by atoms with E-state index in [0.29, 0.717) is 22.3 Å². The Hall–Kier alpha value is -2.96. The first kappa shape index (κ1) is 25.0. The van der Waals surface area contributed by atoms with E-state index < -0.39 is 17.8 Å². The number of allylic oxidation sites excluding steroid dienone is 3. The Labute approximate surface area is 164 Å². The number of anilines is 1. The third-order valence-electron chi connectivity index (χ3n) is 3.63. The van der Waals surface area contributed by atoms with Gasteiger partial charge in [-0.25, -0.2) is 0 Å². The van der Waals surface area contributed by atoms with E-state index in [0.717, 1.165) is 12.3 Å². The zero-order chi connectivity index (χ0) is 22.1. The fourth-order valence-electron chi connectivity index (χ4n) is 2.43. The lowest BCUT2D eigenvalue weighted by Gasteiger charge is -2.18. The summed E-state index contributed by atoms with van der Waals surface area (Å²) in [5, 5.41) is 2.47. The number of halogens is 3. The summed E-state index contributed by atoms with van der Waals surface area (Å²) in [6.45, 7) is 19.2. The van der Waals surface area contributed by atoms with Gasteiger partial charge in [0.25, 0.3) is 5.91 Å². The van der Waals surface area contributed by atoms with Crippen LogP contribution in [0.2, 0.25) is 0 Å². The van der Waals surface area contributed by atoms with Gasteiger partial charge in [0.2, 0.25) is 0 Å². The van der Waals surface area contributed by atoms with E-state index in [-0.39, 0.29) is 11.6 Å². The molecule has 0 saturated carbocycles. The van der Waals surface area contributed by atoms with E-state index in [2.05, 4.69) is 41.6 Å². The number of rotatable bonds is 6. The molecule has 0 aliphatic heterocycles. The molecule has 0 aromatic carbocycles. The molecule has 1 N–H and O–H groups in total. The molecule has 0 aliphatic carbocycles. The molecule has 1 rings (SSSR count). The number of nitrogens with one attached hydrogen (secondary N) is 1. The molecule has 0 unspecified atom stereocenters. The van der Waals surface area contributed by atoms with Gasteiger partial charge in [0, 0.05) is 30.7 Å². The Morgan fingerprint density at radius 3 is 2.32 bits per heavy atom. The molecule has 1 heterocycles. The number of nitrogens with zero attached hydrogens (tertiary/aromatic N) is 2. The second kappa shape index (κ2) is 11.0. The van der Waals surface area contributed by atoms with Crippen molar-refractivity contribution in [3.8, 4) is 0 Å². The van der Waals surface area contributed by atoms with Gasteiger partial charge < -0.3 is 5.32 Å². The maximum atomic E-state index is 12.7. The third-order valence-corrected chi connectivity index (χ3v) is 3.63. The van der Waals surface area contributed by atoms with Crippen LogP contribution in [0.3, 0.4) is 0 Å². The van der Waals surface area contributed by atoms with Crippen LogP contribution < -0.4 is 5.32 Å². The van der Waals surface area contributed by atoms with Crippen LogP contribution in [0, 0.1) is 5.92 Å². The number of amides is 1. The normalized spacial score (nSPS) is 12.1. The first-order chi connectivity index (χ1) is 13.0. The maximum absolute atomic E-state index is 12.7. The number of hydrogen-bond acceptors (Lipinski definition) is 3. The summed E-state index contributed by atoms with van der Waals surface area (Å²) >= 11 is 0. The van der Waals surface area contributed by atoms with Gasteiger partial charge in [-0.3, -0.25) is 14.8 Å². The van der Waals surface area contributed by atoms with Crippen LogP contribution in [0.25, 0.3) is 0 Å². The summed E-state index contributed by atoms with van der Waals surface area (Å²) in [5.74, 6) is -0.561. The molecule has 0 spiro atoms. The average Bonchev–Trinajstić information content (AvgIpc) is 2.62. The Kier molecular flexibility index (Phi) is 9.85. The first-order valence-corrected chi connectivity index (χ1v) is 8.35. The number of pyridine rings is 1. The van der Waals surface area contributed by atoms with Crippen molar-refractivity contribution in [1.82, 2.24) is 4.98 Å². The molecule has 0 fully saturated rings. The quantitative estimate of drug-likeness (QED) is 0.295. The van der Waals surface area contributed by atoms with Gasteiger partial charge in [-0.1, -0.05) is 27.0 Å². The summed E-state index contributed by atoms with van der Waals surface area (Å²) in [6.07, 6.45) is -2.05. The van der Waals surface area contributed by atoms with Crippen LogP contribution in [-0.2, 0) is 11.0 Å². The van der Waals surface area contributed by atoms with Crippen LogP contribution in [-0.4, -0.2) is 24.2 Å². The van der Waals surface area contributed by atoms with Gasteiger partial charge >= 0.3 is 6.18 Å². The monoisotopic (exact) mass is 393 g/mol. The summed E-state index contributed by atoms with van der Waals surface area (Å²) in [4.78, 5) is 19.7. The summed E-state index contributed by atoms with van der Waals surface area (Å²) < 4.78 is 38.2. The lowest BCUT2D eigenvalue weighted by atomic mass is 9.88. The number of aromatic nitrogens is 1. The van der Waals surface area contributed by atoms with Crippen molar-refractivity contribution >= 4 is 17.8 Å². The molecule has 0 bridgehead atoms. The van der Waals surface area contributed by atoms with Crippen molar-refractivity contribution in [3.63, 3.8) is 0 Å². The molecule has 1 aromatic heterocycles. The highest BCUT2D eigenvalue weighted by Gasteiger charge is 2.32. The van der Waals surface area contributed by atoms with Gasteiger partial charge in [0.15, 0.2) is 0 Å².